The first kappa shape index (κ1) is 17.0. The number of nitrogens with one attached hydrogen (secondary N) is 1. The summed E-state index contributed by atoms with van der Waals surface area (Å²) in [5.74, 6) is -0.236. The van der Waals surface area contributed by atoms with Crippen LogP contribution in [0.15, 0.2) is 42.6 Å². The molecule has 2 heterocycles. The number of aromatic amines is 1. The van der Waals surface area contributed by atoms with Gasteiger partial charge in [-0.25, -0.2) is 8.42 Å². The molecule has 1 aromatic heterocycles. The van der Waals surface area contributed by atoms with Crippen molar-refractivity contribution in [1.82, 2.24) is 14.2 Å². The molecule has 128 valence electrons. The third kappa shape index (κ3) is 3.63. The molecule has 0 bridgehead atoms. The van der Waals surface area contributed by atoms with Crippen LogP contribution in [0.25, 0.3) is 0 Å². The van der Waals surface area contributed by atoms with Crippen LogP contribution >= 0.6 is 11.6 Å². The lowest BCUT2D eigenvalue weighted by molar-refractivity contribution is 0.0692. The van der Waals surface area contributed by atoms with Crippen molar-refractivity contribution in [3.63, 3.8) is 0 Å². The number of carbonyl (C=O) groups is 1. The zero-order valence-electron chi connectivity index (χ0n) is 13.0. The third-order valence-electron chi connectivity index (χ3n) is 4.04. The third-order valence-corrected chi connectivity index (χ3v) is 6.24. The van der Waals surface area contributed by atoms with Gasteiger partial charge in [0.2, 0.25) is 10.0 Å². The lowest BCUT2D eigenvalue weighted by atomic mass is 10.2. The van der Waals surface area contributed by atoms with Gasteiger partial charge in [-0.3, -0.25) is 4.79 Å². The van der Waals surface area contributed by atoms with Crippen LogP contribution in [0.3, 0.4) is 0 Å². The summed E-state index contributed by atoms with van der Waals surface area (Å²) in [6, 6.07) is 10.4. The molecule has 0 radical (unpaired) electrons. The summed E-state index contributed by atoms with van der Waals surface area (Å²) in [6.07, 6.45) is 1.69. The van der Waals surface area contributed by atoms with Gasteiger partial charge >= 0.3 is 0 Å². The van der Waals surface area contributed by atoms with Gasteiger partial charge in [0.05, 0.1) is 5.75 Å². The smallest absolute Gasteiger partial charge is 0.270 e. The molecule has 1 N–H and O–H groups in total. The molecule has 1 aromatic carbocycles. The van der Waals surface area contributed by atoms with Crippen molar-refractivity contribution in [2.75, 3.05) is 26.2 Å². The van der Waals surface area contributed by atoms with Crippen molar-refractivity contribution in [3.05, 3.63) is 58.9 Å². The van der Waals surface area contributed by atoms with Crippen LogP contribution in [0.5, 0.6) is 0 Å². The van der Waals surface area contributed by atoms with Crippen LogP contribution in [0.4, 0.5) is 0 Å². The maximum absolute atomic E-state index is 12.6. The molecule has 1 amide bonds. The Hall–Kier alpha value is -1.83. The van der Waals surface area contributed by atoms with Crippen molar-refractivity contribution in [2.45, 2.75) is 5.75 Å². The molecule has 3 rings (SSSR count). The fourth-order valence-corrected chi connectivity index (χ4v) is 4.54. The molecule has 0 atom stereocenters. The van der Waals surface area contributed by atoms with Gasteiger partial charge in [-0.1, -0.05) is 29.8 Å². The number of piperazine rings is 1. The van der Waals surface area contributed by atoms with Gasteiger partial charge < -0.3 is 9.88 Å². The lowest BCUT2D eigenvalue weighted by Gasteiger charge is -2.33. The van der Waals surface area contributed by atoms with Crippen LogP contribution in [0, 0.1) is 0 Å². The number of hydrogen-bond donors (Lipinski definition) is 1. The number of rotatable bonds is 4. The Bertz CT molecular complexity index is 813. The number of aromatic nitrogens is 1. The van der Waals surface area contributed by atoms with Crippen LogP contribution in [0.1, 0.15) is 16.1 Å². The Balaban J connectivity index is 1.63. The molecular formula is C16H18ClN3O3S. The molecule has 2 aromatic rings. The summed E-state index contributed by atoms with van der Waals surface area (Å²) in [7, 11) is -3.46. The number of benzene rings is 1. The van der Waals surface area contributed by atoms with E-state index in [4.69, 9.17) is 11.6 Å². The number of nitrogens with zero attached hydrogens (tertiary/aromatic N) is 2. The summed E-state index contributed by atoms with van der Waals surface area (Å²) < 4.78 is 26.6. The summed E-state index contributed by atoms with van der Waals surface area (Å²) in [4.78, 5) is 16.8. The monoisotopic (exact) mass is 367 g/mol. The first-order valence-corrected chi connectivity index (χ1v) is 9.60. The molecule has 1 aliphatic heterocycles. The molecule has 0 unspecified atom stereocenters. The summed E-state index contributed by atoms with van der Waals surface area (Å²) in [6.45, 7) is 1.33. The standard InChI is InChI=1S/C16H18ClN3O3S/c17-14-5-2-1-4-13(14)12-24(22,23)20-10-8-19(9-11-20)16(21)15-6-3-7-18-15/h1-7,18H,8-12H2. The van der Waals surface area contributed by atoms with E-state index in [2.05, 4.69) is 4.98 Å². The Morgan fingerprint density at radius 2 is 1.79 bits per heavy atom. The molecular weight excluding hydrogens is 350 g/mol. The largest absolute Gasteiger partial charge is 0.357 e. The van der Waals surface area contributed by atoms with Crippen molar-refractivity contribution in [2.24, 2.45) is 0 Å². The zero-order chi connectivity index (χ0) is 17.2. The van der Waals surface area contributed by atoms with Crippen molar-refractivity contribution >= 4 is 27.5 Å². The van der Waals surface area contributed by atoms with Crippen LogP contribution < -0.4 is 0 Å². The van der Waals surface area contributed by atoms with Gasteiger partial charge in [0.25, 0.3) is 5.91 Å². The lowest BCUT2D eigenvalue weighted by Crippen LogP contribution is -2.50. The molecule has 0 spiro atoms. The second kappa shape index (κ2) is 6.96. The number of carbonyl (C=O) groups excluding carboxylic acids is 1. The quantitative estimate of drug-likeness (QED) is 0.897. The van der Waals surface area contributed by atoms with E-state index >= 15 is 0 Å². The van der Waals surface area contributed by atoms with E-state index in [1.807, 2.05) is 0 Å². The molecule has 1 aliphatic rings. The fourth-order valence-electron chi connectivity index (χ4n) is 2.71. The van der Waals surface area contributed by atoms with Crippen LogP contribution in [-0.2, 0) is 15.8 Å². The Labute approximate surface area is 146 Å². The predicted octanol–water partition coefficient (Wildman–Crippen LogP) is 1.96. The highest BCUT2D eigenvalue weighted by atomic mass is 35.5. The Morgan fingerprint density at radius 3 is 2.42 bits per heavy atom. The Kier molecular flexibility index (Phi) is 4.93. The van der Waals surface area contributed by atoms with Gasteiger partial charge in [0, 0.05) is 37.4 Å². The minimum atomic E-state index is -3.46. The van der Waals surface area contributed by atoms with Crippen molar-refractivity contribution in [3.8, 4) is 0 Å². The maximum Gasteiger partial charge on any atom is 0.270 e. The predicted molar refractivity (Wildman–Crippen MR) is 92.3 cm³/mol. The SMILES string of the molecule is O=C(c1ccc[nH]1)N1CCN(S(=O)(=O)Cc2ccccc2Cl)CC1. The highest BCUT2D eigenvalue weighted by Crippen LogP contribution is 2.20. The summed E-state index contributed by atoms with van der Waals surface area (Å²) in [5, 5.41) is 0.446. The zero-order valence-corrected chi connectivity index (χ0v) is 14.6. The minimum absolute atomic E-state index is 0.108. The number of hydrogen-bond acceptors (Lipinski definition) is 3. The first-order chi connectivity index (χ1) is 11.5. The molecule has 0 saturated carbocycles. The van der Waals surface area contributed by atoms with Gasteiger partial charge in [-0.15, -0.1) is 0 Å². The van der Waals surface area contributed by atoms with E-state index in [0.29, 0.717) is 42.5 Å². The van der Waals surface area contributed by atoms with Crippen LogP contribution in [-0.4, -0.2) is 54.7 Å². The van der Waals surface area contributed by atoms with Gasteiger partial charge in [0.1, 0.15) is 5.69 Å². The van der Waals surface area contributed by atoms with E-state index in [1.54, 1.807) is 47.5 Å². The Morgan fingerprint density at radius 1 is 1.08 bits per heavy atom. The van der Waals surface area contributed by atoms with E-state index in [0.717, 1.165) is 0 Å². The van der Waals surface area contributed by atoms with E-state index in [-0.39, 0.29) is 11.7 Å². The second-order valence-electron chi connectivity index (χ2n) is 5.62. The minimum Gasteiger partial charge on any atom is -0.357 e. The molecule has 1 fully saturated rings. The van der Waals surface area contributed by atoms with Gasteiger partial charge in [-0.05, 0) is 23.8 Å². The van der Waals surface area contributed by atoms with Crippen molar-refractivity contribution in [1.29, 1.82) is 0 Å². The number of H-pyrrole nitrogens is 1. The maximum atomic E-state index is 12.6. The molecule has 6 nitrogen and oxygen atoms in total. The number of amides is 1. The van der Waals surface area contributed by atoms with E-state index in [1.165, 1.54) is 4.31 Å². The highest BCUT2D eigenvalue weighted by molar-refractivity contribution is 7.88. The normalized spacial score (nSPS) is 16.3. The average molecular weight is 368 g/mol. The molecule has 0 aliphatic carbocycles. The number of halogens is 1. The van der Waals surface area contributed by atoms with Crippen LogP contribution in [0.2, 0.25) is 5.02 Å². The van der Waals surface area contributed by atoms with E-state index < -0.39 is 10.0 Å². The topological polar surface area (TPSA) is 73.5 Å². The summed E-state index contributed by atoms with van der Waals surface area (Å²) >= 11 is 6.05. The van der Waals surface area contributed by atoms with Gasteiger partial charge in [0.15, 0.2) is 0 Å². The number of sulfonamides is 1. The first-order valence-electron chi connectivity index (χ1n) is 7.61. The second-order valence-corrected chi connectivity index (χ2v) is 8.00. The van der Waals surface area contributed by atoms with Crippen molar-refractivity contribution < 1.29 is 13.2 Å². The van der Waals surface area contributed by atoms with E-state index in [9.17, 15) is 13.2 Å². The summed E-state index contributed by atoms with van der Waals surface area (Å²) in [5.41, 5.74) is 1.10. The molecule has 24 heavy (non-hydrogen) atoms. The molecule has 8 heteroatoms. The van der Waals surface area contributed by atoms with Gasteiger partial charge in [-0.2, -0.15) is 4.31 Å². The fraction of sp³-hybridized carbons (Fsp3) is 0.312. The highest BCUT2D eigenvalue weighted by Gasteiger charge is 2.29. The molecule has 1 saturated heterocycles. The average Bonchev–Trinajstić information content (AvgIpc) is 3.11.